The molecule has 0 aliphatic rings. The van der Waals surface area contributed by atoms with Gasteiger partial charge in [0.25, 0.3) is 0 Å². The lowest BCUT2D eigenvalue weighted by atomic mass is 9.83. The van der Waals surface area contributed by atoms with Crippen molar-refractivity contribution in [2.75, 3.05) is 11.0 Å². The molecule has 9 nitrogen and oxygen atoms in total. The fraction of sp³-hybridized carbons (Fsp3) is 0.808. The molecule has 0 rings (SSSR count). The number of Topliss-reactive ketones (excluding diaryl/α,β-unsaturated/α-hetero) is 2. The van der Waals surface area contributed by atoms with E-state index in [1.807, 2.05) is 27.7 Å². The van der Waals surface area contributed by atoms with Crippen molar-refractivity contribution >= 4 is 52.0 Å². The van der Waals surface area contributed by atoms with Crippen LogP contribution in [0.4, 0.5) is 4.79 Å². The molecule has 4 amide bonds. The molecule has 0 bridgehead atoms. The third-order valence-electron chi connectivity index (χ3n) is 6.45. The summed E-state index contributed by atoms with van der Waals surface area (Å²) in [5.74, 6) is -0.733. The predicted octanol–water partition coefficient (Wildman–Crippen LogP) is 3.66. The molecule has 0 aromatic carbocycles. The summed E-state index contributed by atoms with van der Waals surface area (Å²) in [5, 5.41) is 8.17. The van der Waals surface area contributed by atoms with Crippen LogP contribution in [0.15, 0.2) is 0 Å². The Bertz CT molecular complexity index is 764. The molecule has 0 saturated carbocycles. The number of unbranched alkanes of at least 4 members (excludes halogenated alkanes) is 1. The van der Waals surface area contributed by atoms with Crippen LogP contribution in [0, 0.1) is 16.7 Å². The standard InChI is InChI=1S/C26H47IN4O5/c1-8-26(6,7)19(32)13-9-10-14-20(33)31-21(17(2)16-27)23(35)30-18(22(34)25(3,4)5)12-11-15-29-24(28)36/h17-18,21H,8-16H2,1-7H3,(H,30,35)(H,31,33)(H3,28,29,36)/t17?,18-,21-/m0/s1. The van der Waals surface area contributed by atoms with Gasteiger partial charge in [0.1, 0.15) is 11.8 Å². The quantitative estimate of drug-likeness (QED) is 0.111. The number of halogens is 1. The highest BCUT2D eigenvalue weighted by Crippen LogP contribution is 2.24. The van der Waals surface area contributed by atoms with Gasteiger partial charge in [0.05, 0.1) is 6.04 Å². The van der Waals surface area contributed by atoms with E-state index in [1.165, 1.54) is 0 Å². The molecule has 0 aromatic rings. The predicted molar refractivity (Wildman–Crippen MR) is 151 cm³/mol. The zero-order valence-electron chi connectivity index (χ0n) is 23.1. The maximum absolute atomic E-state index is 13.2. The Kier molecular flexibility index (Phi) is 15.4. The van der Waals surface area contributed by atoms with Crippen LogP contribution in [0.3, 0.4) is 0 Å². The first-order valence-electron chi connectivity index (χ1n) is 12.8. The number of rotatable bonds is 17. The van der Waals surface area contributed by atoms with Gasteiger partial charge in [0.2, 0.25) is 11.8 Å². The lowest BCUT2D eigenvalue weighted by molar-refractivity contribution is -0.135. The third kappa shape index (κ3) is 13.0. The van der Waals surface area contributed by atoms with Crippen molar-refractivity contribution < 1.29 is 24.0 Å². The van der Waals surface area contributed by atoms with Gasteiger partial charge >= 0.3 is 6.03 Å². The number of alkyl halides is 1. The number of carbonyl (C=O) groups excluding carboxylic acids is 5. The number of carbonyl (C=O) groups is 5. The van der Waals surface area contributed by atoms with E-state index in [4.69, 9.17) is 5.73 Å². The fourth-order valence-electron chi connectivity index (χ4n) is 3.48. The van der Waals surface area contributed by atoms with Gasteiger partial charge in [-0.3, -0.25) is 19.2 Å². The van der Waals surface area contributed by atoms with Gasteiger partial charge in [-0.1, -0.05) is 71.1 Å². The van der Waals surface area contributed by atoms with Crippen LogP contribution >= 0.6 is 22.6 Å². The number of amides is 4. The summed E-state index contributed by atoms with van der Waals surface area (Å²) in [7, 11) is 0. The van der Waals surface area contributed by atoms with Crippen molar-refractivity contribution in [1.82, 2.24) is 16.0 Å². The number of nitrogens with one attached hydrogen (secondary N) is 3. The molecule has 0 spiro atoms. The minimum atomic E-state index is -0.783. The molecule has 0 radical (unpaired) electrons. The van der Waals surface area contributed by atoms with Crippen LogP contribution in [0.25, 0.3) is 0 Å². The van der Waals surface area contributed by atoms with Crippen molar-refractivity contribution in [3.8, 4) is 0 Å². The highest BCUT2D eigenvalue weighted by molar-refractivity contribution is 14.1. The van der Waals surface area contributed by atoms with Crippen LogP contribution in [-0.4, -0.2) is 52.5 Å². The number of hydrogen-bond acceptors (Lipinski definition) is 5. The Balaban J connectivity index is 5.14. The molecule has 3 atom stereocenters. The highest BCUT2D eigenvalue weighted by Gasteiger charge is 2.34. The van der Waals surface area contributed by atoms with Crippen molar-refractivity contribution in [2.24, 2.45) is 22.5 Å². The first-order valence-corrected chi connectivity index (χ1v) is 14.4. The Morgan fingerprint density at radius 2 is 1.50 bits per heavy atom. The second-order valence-corrected chi connectivity index (χ2v) is 12.0. The molecule has 0 aliphatic carbocycles. The molecule has 0 saturated heterocycles. The van der Waals surface area contributed by atoms with Crippen LogP contribution in [0.5, 0.6) is 0 Å². The molecule has 0 aliphatic heterocycles. The van der Waals surface area contributed by atoms with Gasteiger partial charge in [-0.2, -0.15) is 0 Å². The normalized spacial score (nSPS) is 14.3. The molecule has 10 heteroatoms. The van der Waals surface area contributed by atoms with Gasteiger partial charge in [0, 0.05) is 34.6 Å². The molecule has 1 unspecified atom stereocenters. The second-order valence-electron chi connectivity index (χ2n) is 11.2. The summed E-state index contributed by atoms with van der Waals surface area (Å²) >= 11 is 2.17. The largest absolute Gasteiger partial charge is 0.352 e. The first-order chi connectivity index (χ1) is 16.6. The van der Waals surface area contributed by atoms with E-state index in [9.17, 15) is 24.0 Å². The number of hydrogen-bond donors (Lipinski definition) is 4. The van der Waals surface area contributed by atoms with Crippen LogP contribution < -0.4 is 21.7 Å². The number of ketones is 2. The number of urea groups is 1. The summed E-state index contributed by atoms with van der Waals surface area (Å²) in [6, 6.07) is -2.18. The molecular weight excluding hydrogens is 575 g/mol. The third-order valence-corrected chi connectivity index (χ3v) is 7.84. The average molecular weight is 623 g/mol. The highest BCUT2D eigenvalue weighted by atomic mass is 127. The van der Waals surface area contributed by atoms with Gasteiger partial charge in [-0.25, -0.2) is 4.79 Å². The van der Waals surface area contributed by atoms with Crippen molar-refractivity contribution in [2.45, 2.75) is 105 Å². The van der Waals surface area contributed by atoms with E-state index >= 15 is 0 Å². The zero-order valence-corrected chi connectivity index (χ0v) is 25.3. The van der Waals surface area contributed by atoms with E-state index in [1.54, 1.807) is 20.8 Å². The lowest BCUT2D eigenvalue weighted by Crippen LogP contribution is -2.55. The minimum absolute atomic E-state index is 0.123. The molecule has 36 heavy (non-hydrogen) atoms. The van der Waals surface area contributed by atoms with Crippen molar-refractivity contribution in [3.05, 3.63) is 0 Å². The summed E-state index contributed by atoms with van der Waals surface area (Å²) in [4.78, 5) is 62.0. The van der Waals surface area contributed by atoms with E-state index in [-0.39, 0.29) is 35.2 Å². The summed E-state index contributed by atoms with van der Waals surface area (Å²) in [6.07, 6.45) is 3.41. The Morgan fingerprint density at radius 1 is 0.917 bits per heavy atom. The summed E-state index contributed by atoms with van der Waals surface area (Å²) in [5.41, 5.74) is 4.07. The summed E-state index contributed by atoms with van der Waals surface area (Å²) in [6.45, 7) is 13.4. The lowest BCUT2D eigenvalue weighted by Gasteiger charge is -2.29. The molecular formula is C26H47IN4O5. The maximum Gasteiger partial charge on any atom is 0.312 e. The summed E-state index contributed by atoms with van der Waals surface area (Å²) < 4.78 is 0.636. The van der Waals surface area contributed by atoms with Crippen LogP contribution in [0.2, 0.25) is 0 Å². The minimum Gasteiger partial charge on any atom is -0.352 e. The van der Waals surface area contributed by atoms with E-state index in [0.29, 0.717) is 43.1 Å². The first kappa shape index (κ1) is 34.3. The molecule has 0 heterocycles. The Morgan fingerprint density at radius 3 is 2.00 bits per heavy atom. The topological polar surface area (TPSA) is 147 Å². The van der Waals surface area contributed by atoms with Crippen LogP contribution in [0.1, 0.15) is 93.4 Å². The van der Waals surface area contributed by atoms with Crippen molar-refractivity contribution in [3.63, 3.8) is 0 Å². The average Bonchev–Trinajstić information content (AvgIpc) is 2.79. The number of nitrogens with two attached hydrogens (primary N) is 1. The van der Waals surface area contributed by atoms with Gasteiger partial charge < -0.3 is 21.7 Å². The Hall–Kier alpha value is -1.72. The molecule has 0 fully saturated rings. The van der Waals surface area contributed by atoms with Gasteiger partial charge in [-0.15, -0.1) is 0 Å². The SMILES string of the molecule is CCC(C)(C)C(=O)CCCCC(=O)N[C@H](C(=O)N[C@@H](CCCNC(N)=O)C(=O)C(C)(C)C)C(C)CI. The Labute approximate surface area is 230 Å². The second kappa shape index (κ2) is 16.2. The molecule has 5 N–H and O–H groups in total. The van der Waals surface area contributed by atoms with Gasteiger partial charge in [-0.05, 0) is 38.0 Å². The van der Waals surface area contributed by atoms with Crippen LogP contribution in [-0.2, 0) is 19.2 Å². The van der Waals surface area contributed by atoms with E-state index < -0.39 is 29.4 Å². The molecule has 0 aromatic heterocycles. The molecule has 208 valence electrons. The van der Waals surface area contributed by atoms with E-state index in [2.05, 4.69) is 38.5 Å². The zero-order chi connectivity index (χ0) is 28.1. The fourth-order valence-corrected chi connectivity index (χ4v) is 3.99. The monoisotopic (exact) mass is 622 g/mol. The van der Waals surface area contributed by atoms with Crippen molar-refractivity contribution in [1.29, 1.82) is 0 Å². The van der Waals surface area contributed by atoms with E-state index in [0.717, 1.165) is 6.42 Å². The van der Waals surface area contributed by atoms with Gasteiger partial charge in [0.15, 0.2) is 5.78 Å². The maximum atomic E-state index is 13.2. The number of primary amides is 1. The smallest absolute Gasteiger partial charge is 0.312 e.